The molecule has 1 fully saturated rings. The fourth-order valence-electron chi connectivity index (χ4n) is 1.58. The van der Waals surface area contributed by atoms with Crippen LogP contribution < -0.4 is 10.6 Å². The van der Waals surface area contributed by atoms with Gasteiger partial charge in [-0.3, -0.25) is 10.1 Å². The van der Waals surface area contributed by atoms with Gasteiger partial charge in [-0.15, -0.1) is 0 Å². The van der Waals surface area contributed by atoms with Gasteiger partial charge < -0.3 is 14.5 Å². The molecule has 2 rings (SSSR count). The molecule has 1 saturated carbocycles. The van der Waals surface area contributed by atoms with Crippen molar-refractivity contribution >= 4 is 11.9 Å². The van der Waals surface area contributed by atoms with E-state index in [0.717, 1.165) is 12.8 Å². The SMILES string of the molecule is COC(=O)c1ccc(CNC(C)C(=O)NC2CC2)o1. The van der Waals surface area contributed by atoms with E-state index < -0.39 is 5.97 Å². The van der Waals surface area contributed by atoms with E-state index in [1.807, 2.05) is 0 Å². The molecule has 0 aliphatic heterocycles. The minimum atomic E-state index is -0.509. The largest absolute Gasteiger partial charge is 0.463 e. The first-order valence-corrected chi connectivity index (χ1v) is 6.31. The Morgan fingerprint density at radius 1 is 1.47 bits per heavy atom. The van der Waals surface area contributed by atoms with E-state index in [0.29, 0.717) is 18.3 Å². The summed E-state index contributed by atoms with van der Waals surface area (Å²) in [5.41, 5.74) is 0. The Morgan fingerprint density at radius 3 is 2.84 bits per heavy atom. The van der Waals surface area contributed by atoms with Crippen LogP contribution in [0.4, 0.5) is 0 Å². The van der Waals surface area contributed by atoms with E-state index in [1.165, 1.54) is 7.11 Å². The molecule has 1 unspecified atom stereocenters. The van der Waals surface area contributed by atoms with Gasteiger partial charge in [-0.05, 0) is 31.9 Å². The lowest BCUT2D eigenvalue weighted by Crippen LogP contribution is -2.42. The van der Waals surface area contributed by atoms with Gasteiger partial charge in [0, 0.05) is 6.04 Å². The van der Waals surface area contributed by atoms with Crippen LogP contribution in [0.15, 0.2) is 16.5 Å². The van der Waals surface area contributed by atoms with Crippen LogP contribution in [-0.2, 0) is 16.1 Å². The Labute approximate surface area is 111 Å². The number of carbonyl (C=O) groups excluding carboxylic acids is 2. The average molecular weight is 266 g/mol. The van der Waals surface area contributed by atoms with E-state index in [2.05, 4.69) is 15.4 Å². The van der Waals surface area contributed by atoms with Gasteiger partial charge in [0.25, 0.3) is 0 Å². The van der Waals surface area contributed by atoms with Crippen molar-refractivity contribution in [3.63, 3.8) is 0 Å². The maximum absolute atomic E-state index is 11.7. The third kappa shape index (κ3) is 3.82. The molecular weight excluding hydrogens is 248 g/mol. The lowest BCUT2D eigenvalue weighted by atomic mass is 10.3. The van der Waals surface area contributed by atoms with Crippen LogP contribution in [0.25, 0.3) is 0 Å². The van der Waals surface area contributed by atoms with Crippen LogP contribution in [0.1, 0.15) is 36.1 Å². The summed E-state index contributed by atoms with van der Waals surface area (Å²) in [4.78, 5) is 22.9. The standard InChI is InChI=1S/C13H18N2O4/c1-8(12(16)15-9-3-4-9)14-7-10-5-6-11(19-10)13(17)18-2/h5-6,8-9,14H,3-4,7H2,1-2H3,(H,15,16). The van der Waals surface area contributed by atoms with Gasteiger partial charge in [-0.2, -0.15) is 0 Å². The molecule has 0 spiro atoms. The molecule has 1 heterocycles. The number of hydrogen-bond donors (Lipinski definition) is 2. The van der Waals surface area contributed by atoms with Gasteiger partial charge in [-0.25, -0.2) is 4.79 Å². The first kappa shape index (κ1) is 13.6. The van der Waals surface area contributed by atoms with Gasteiger partial charge in [-0.1, -0.05) is 0 Å². The molecule has 6 heteroatoms. The van der Waals surface area contributed by atoms with Crippen molar-refractivity contribution in [1.29, 1.82) is 0 Å². The van der Waals surface area contributed by atoms with Crippen LogP contribution in [0.2, 0.25) is 0 Å². The highest BCUT2D eigenvalue weighted by Gasteiger charge is 2.25. The van der Waals surface area contributed by atoms with Gasteiger partial charge in [0.05, 0.1) is 19.7 Å². The van der Waals surface area contributed by atoms with Crippen molar-refractivity contribution in [3.8, 4) is 0 Å². The van der Waals surface area contributed by atoms with E-state index >= 15 is 0 Å². The summed E-state index contributed by atoms with van der Waals surface area (Å²) in [6.45, 7) is 2.18. The number of carbonyl (C=O) groups is 2. The minimum Gasteiger partial charge on any atom is -0.463 e. The molecule has 0 radical (unpaired) electrons. The number of nitrogens with one attached hydrogen (secondary N) is 2. The van der Waals surface area contributed by atoms with Crippen molar-refractivity contribution in [2.24, 2.45) is 0 Å². The summed E-state index contributed by atoms with van der Waals surface area (Å²) >= 11 is 0. The number of hydrogen-bond acceptors (Lipinski definition) is 5. The molecule has 1 aromatic rings. The lowest BCUT2D eigenvalue weighted by Gasteiger charge is -2.12. The molecule has 1 aliphatic carbocycles. The maximum Gasteiger partial charge on any atom is 0.373 e. The quantitative estimate of drug-likeness (QED) is 0.745. The summed E-state index contributed by atoms with van der Waals surface area (Å²) in [7, 11) is 1.30. The predicted molar refractivity (Wildman–Crippen MR) is 67.5 cm³/mol. The van der Waals surface area contributed by atoms with Crippen LogP contribution >= 0.6 is 0 Å². The summed E-state index contributed by atoms with van der Waals surface area (Å²) < 4.78 is 9.84. The topological polar surface area (TPSA) is 80.6 Å². The Balaban J connectivity index is 1.79. The molecule has 6 nitrogen and oxygen atoms in total. The third-order valence-electron chi connectivity index (χ3n) is 2.95. The number of rotatable bonds is 6. The number of methoxy groups -OCH3 is 1. The second kappa shape index (κ2) is 5.88. The van der Waals surface area contributed by atoms with Gasteiger partial charge in [0.15, 0.2) is 0 Å². The van der Waals surface area contributed by atoms with Crippen molar-refractivity contribution < 1.29 is 18.7 Å². The summed E-state index contributed by atoms with van der Waals surface area (Å²) in [5.74, 6) is 0.230. The Hall–Kier alpha value is -1.82. The normalized spacial score (nSPS) is 15.9. The minimum absolute atomic E-state index is 0.0118. The van der Waals surface area contributed by atoms with E-state index in [-0.39, 0.29) is 17.7 Å². The summed E-state index contributed by atoms with van der Waals surface area (Å²) in [6.07, 6.45) is 2.14. The van der Waals surface area contributed by atoms with Crippen LogP contribution in [-0.4, -0.2) is 31.1 Å². The first-order valence-electron chi connectivity index (χ1n) is 6.31. The van der Waals surface area contributed by atoms with E-state index in [9.17, 15) is 9.59 Å². The number of esters is 1. The zero-order valence-corrected chi connectivity index (χ0v) is 11.1. The molecule has 0 aromatic carbocycles. The highest BCUT2D eigenvalue weighted by atomic mass is 16.5. The number of furan rings is 1. The van der Waals surface area contributed by atoms with E-state index in [1.54, 1.807) is 19.1 Å². The first-order chi connectivity index (χ1) is 9.10. The van der Waals surface area contributed by atoms with Crippen molar-refractivity contribution in [3.05, 3.63) is 23.7 Å². The molecular formula is C13H18N2O4. The monoisotopic (exact) mass is 266 g/mol. The Bertz CT molecular complexity index is 465. The second-order valence-electron chi connectivity index (χ2n) is 4.64. The number of amides is 1. The maximum atomic E-state index is 11.7. The van der Waals surface area contributed by atoms with Crippen molar-refractivity contribution in [1.82, 2.24) is 10.6 Å². The van der Waals surface area contributed by atoms with Crippen LogP contribution in [0.3, 0.4) is 0 Å². The molecule has 1 amide bonds. The Morgan fingerprint density at radius 2 is 2.21 bits per heavy atom. The third-order valence-corrected chi connectivity index (χ3v) is 2.95. The van der Waals surface area contributed by atoms with Crippen LogP contribution in [0, 0.1) is 0 Å². The molecule has 19 heavy (non-hydrogen) atoms. The number of ether oxygens (including phenoxy) is 1. The lowest BCUT2D eigenvalue weighted by molar-refractivity contribution is -0.122. The van der Waals surface area contributed by atoms with Crippen molar-refractivity contribution in [2.45, 2.75) is 38.4 Å². The van der Waals surface area contributed by atoms with Gasteiger partial charge in [0.2, 0.25) is 11.7 Å². The molecule has 0 bridgehead atoms. The molecule has 1 aliphatic rings. The zero-order valence-electron chi connectivity index (χ0n) is 11.1. The predicted octanol–water partition coefficient (Wildman–Crippen LogP) is 0.823. The molecule has 0 saturated heterocycles. The molecule has 1 aromatic heterocycles. The highest BCUT2D eigenvalue weighted by Crippen LogP contribution is 2.18. The highest BCUT2D eigenvalue weighted by molar-refractivity contribution is 5.86. The van der Waals surface area contributed by atoms with Crippen molar-refractivity contribution in [2.75, 3.05) is 7.11 Å². The smallest absolute Gasteiger partial charge is 0.373 e. The fourth-order valence-corrected chi connectivity index (χ4v) is 1.58. The zero-order chi connectivity index (χ0) is 13.8. The van der Waals surface area contributed by atoms with E-state index in [4.69, 9.17) is 4.42 Å². The summed E-state index contributed by atoms with van der Waals surface area (Å²) in [6, 6.07) is 3.29. The summed E-state index contributed by atoms with van der Waals surface area (Å²) in [5, 5.41) is 5.96. The molecule has 1 atom stereocenters. The van der Waals surface area contributed by atoms with Gasteiger partial charge >= 0.3 is 5.97 Å². The van der Waals surface area contributed by atoms with Gasteiger partial charge in [0.1, 0.15) is 5.76 Å². The fraction of sp³-hybridized carbons (Fsp3) is 0.538. The Kier molecular flexibility index (Phi) is 4.21. The average Bonchev–Trinajstić information content (AvgIpc) is 3.09. The molecule has 104 valence electrons. The molecule has 2 N–H and O–H groups in total. The van der Waals surface area contributed by atoms with Crippen LogP contribution in [0.5, 0.6) is 0 Å². The second-order valence-corrected chi connectivity index (χ2v) is 4.64.